The van der Waals surface area contributed by atoms with E-state index in [4.69, 9.17) is 4.42 Å². The fourth-order valence-electron chi connectivity index (χ4n) is 3.12. The van der Waals surface area contributed by atoms with Crippen LogP contribution in [0, 0.1) is 0 Å². The molecule has 0 aliphatic heterocycles. The summed E-state index contributed by atoms with van der Waals surface area (Å²) in [5.74, 6) is 0.124. The molecule has 132 valence electrons. The molecule has 26 heavy (non-hydrogen) atoms. The minimum atomic E-state index is -0.104. The van der Waals surface area contributed by atoms with Crippen molar-refractivity contribution >= 4 is 11.0 Å². The molecule has 0 spiro atoms. The summed E-state index contributed by atoms with van der Waals surface area (Å²) >= 11 is 0. The van der Waals surface area contributed by atoms with E-state index < -0.39 is 0 Å². The molecule has 0 radical (unpaired) electrons. The van der Waals surface area contributed by atoms with Crippen LogP contribution in [0.4, 0.5) is 0 Å². The summed E-state index contributed by atoms with van der Waals surface area (Å²) in [6.07, 6.45) is 5.12. The van der Waals surface area contributed by atoms with E-state index in [-0.39, 0.29) is 11.2 Å². The lowest BCUT2D eigenvalue weighted by Crippen LogP contribution is -3.10. The summed E-state index contributed by atoms with van der Waals surface area (Å²) < 4.78 is 5.82. The maximum atomic E-state index is 12.9. The van der Waals surface area contributed by atoms with E-state index in [1.54, 1.807) is 12.1 Å². The highest BCUT2D eigenvalue weighted by molar-refractivity contribution is 5.85. The number of fused-ring (bicyclic) bond motifs is 1. The Labute approximate surface area is 152 Å². The normalized spacial score (nSPS) is 11.0. The molecule has 4 heteroatoms. The summed E-state index contributed by atoms with van der Waals surface area (Å²) in [5, 5.41) is 10.8. The first-order valence-corrected chi connectivity index (χ1v) is 8.52. The van der Waals surface area contributed by atoms with Crippen molar-refractivity contribution in [3.05, 3.63) is 89.8 Å². The van der Waals surface area contributed by atoms with Gasteiger partial charge in [0.15, 0.2) is 0 Å². The number of rotatable bonds is 7. The SMILES string of the molecule is C=CC[NH+](CC=C)Cc1c(O)ccc2c(=O)c(-c3ccccc3)coc12. The highest BCUT2D eigenvalue weighted by Crippen LogP contribution is 2.27. The van der Waals surface area contributed by atoms with E-state index in [0.29, 0.717) is 41.7 Å². The topological polar surface area (TPSA) is 54.9 Å². The smallest absolute Gasteiger partial charge is 0.200 e. The minimum absolute atomic E-state index is 0.104. The Morgan fingerprint density at radius 1 is 1.04 bits per heavy atom. The van der Waals surface area contributed by atoms with E-state index in [1.165, 1.54) is 6.26 Å². The van der Waals surface area contributed by atoms with Crippen LogP contribution in [-0.4, -0.2) is 18.2 Å². The van der Waals surface area contributed by atoms with E-state index in [2.05, 4.69) is 13.2 Å². The van der Waals surface area contributed by atoms with Gasteiger partial charge in [-0.3, -0.25) is 4.79 Å². The van der Waals surface area contributed by atoms with Gasteiger partial charge in [-0.05, 0) is 29.8 Å². The number of hydrogen-bond donors (Lipinski definition) is 2. The number of aromatic hydroxyl groups is 1. The summed E-state index contributed by atoms with van der Waals surface area (Å²) in [5.41, 5.74) is 2.27. The van der Waals surface area contributed by atoms with Crippen molar-refractivity contribution in [1.29, 1.82) is 0 Å². The first kappa shape index (κ1) is 17.7. The molecule has 3 rings (SSSR count). The zero-order chi connectivity index (χ0) is 18.5. The Hall–Kier alpha value is -3.11. The quantitative estimate of drug-likeness (QED) is 0.646. The van der Waals surface area contributed by atoms with Crippen LogP contribution < -0.4 is 10.3 Å². The van der Waals surface area contributed by atoms with Crippen molar-refractivity contribution in [2.45, 2.75) is 6.54 Å². The number of hydrogen-bond acceptors (Lipinski definition) is 3. The zero-order valence-electron chi connectivity index (χ0n) is 14.6. The number of phenols is 1. The zero-order valence-corrected chi connectivity index (χ0v) is 14.6. The van der Waals surface area contributed by atoms with Crippen molar-refractivity contribution in [1.82, 2.24) is 0 Å². The van der Waals surface area contributed by atoms with Gasteiger partial charge in [0.25, 0.3) is 0 Å². The van der Waals surface area contributed by atoms with Crippen LogP contribution in [0.1, 0.15) is 5.56 Å². The number of nitrogens with one attached hydrogen (secondary N) is 1. The first-order chi connectivity index (χ1) is 12.7. The second-order valence-corrected chi connectivity index (χ2v) is 6.20. The van der Waals surface area contributed by atoms with Gasteiger partial charge in [0, 0.05) is 0 Å². The number of phenolic OH excluding ortho intramolecular Hbond substituents is 1. The summed E-state index contributed by atoms with van der Waals surface area (Å²) in [7, 11) is 0. The molecule has 2 N–H and O–H groups in total. The Kier molecular flexibility index (Phi) is 5.34. The molecule has 3 aromatic rings. The minimum Gasteiger partial charge on any atom is -0.507 e. The lowest BCUT2D eigenvalue weighted by atomic mass is 10.0. The fraction of sp³-hybridized carbons (Fsp3) is 0.136. The summed E-state index contributed by atoms with van der Waals surface area (Å²) in [6.45, 7) is 9.50. The summed E-state index contributed by atoms with van der Waals surface area (Å²) in [4.78, 5) is 14.1. The average Bonchev–Trinajstić information content (AvgIpc) is 2.65. The van der Waals surface area contributed by atoms with Crippen LogP contribution in [0.25, 0.3) is 22.1 Å². The predicted molar refractivity (Wildman–Crippen MR) is 104 cm³/mol. The standard InChI is InChI=1S/C22H21NO3/c1-3-12-23(13-4-2)14-18-20(24)11-10-17-21(25)19(15-26-22(17)18)16-8-6-5-7-9-16/h3-11,15,24H,1-2,12-14H2/p+1. The number of quaternary nitrogens is 1. The van der Waals surface area contributed by atoms with Crippen LogP contribution in [0.2, 0.25) is 0 Å². The average molecular weight is 348 g/mol. The molecule has 0 aliphatic carbocycles. The molecule has 0 unspecified atom stereocenters. The van der Waals surface area contributed by atoms with Gasteiger partial charge >= 0.3 is 0 Å². The van der Waals surface area contributed by atoms with Crippen molar-refractivity contribution in [3.8, 4) is 16.9 Å². The molecule has 0 fully saturated rings. The van der Waals surface area contributed by atoms with Crippen molar-refractivity contribution in [2.75, 3.05) is 13.1 Å². The van der Waals surface area contributed by atoms with E-state index >= 15 is 0 Å². The Morgan fingerprint density at radius 3 is 2.38 bits per heavy atom. The maximum absolute atomic E-state index is 12.9. The van der Waals surface area contributed by atoms with E-state index in [1.807, 2.05) is 42.5 Å². The van der Waals surface area contributed by atoms with Gasteiger partial charge in [-0.1, -0.05) is 43.5 Å². The van der Waals surface area contributed by atoms with Crippen LogP contribution >= 0.6 is 0 Å². The van der Waals surface area contributed by atoms with Crippen LogP contribution in [0.5, 0.6) is 5.75 Å². The Bertz CT molecular complexity index is 979. The maximum Gasteiger partial charge on any atom is 0.200 e. The predicted octanol–water partition coefficient (Wildman–Crippen LogP) is 2.92. The fourth-order valence-corrected chi connectivity index (χ4v) is 3.12. The second-order valence-electron chi connectivity index (χ2n) is 6.20. The van der Waals surface area contributed by atoms with Crippen molar-refractivity contribution in [3.63, 3.8) is 0 Å². The van der Waals surface area contributed by atoms with Crippen LogP contribution in [0.3, 0.4) is 0 Å². The van der Waals surface area contributed by atoms with Gasteiger partial charge in [-0.15, -0.1) is 0 Å². The third kappa shape index (κ3) is 3.46. The molecule has 0 atom stereocenters. The highest BCUT2D eigenvalue weighted by Gasteiger charge is 2.18. The lowest BCUT2D eigenvalue weighted by molar-refractivity contribution is -0.902. The first-order valence-electron chi connectivity index (χ1n) is 8.52. The van der Waals surface area contributed by atoms with Crippen molar-refractivity contribution < 1.29 is 14.4 Å². The monoisotopic (exact) mass is 348 g/mol. The van der Waals surface area contributed by atoms with E-state index in [9.17, 15) is 9.90 Å². The van der Waals surface area contributed by atoms with Gasteiger partial charge in [0.2, 0.25) is 5.43 Å². The third-order valence-corrected chi connectivity index (χ3v) is 4.40. The Balaban J connectivity index is 2.12. The van der Waals surface area contributed by atoms with Gasteiger partial charge in [0.05, 0.1) is 29.6 Å². The molecule has 1 heterocycles. The lowest BCUT2D eigenvalue weighted by Gasteiger charge is -2.17. The summed E-state index contributed by atoms with van der Waals surface area (Å²) in [6, 6.07) is 12.6. The molecule has 4 nitrogen and oxygen atoms in total. The van der Waals surface area contributed by atoms with Gasteiger partial charge in [-0.25, -0.2) is 0 Å². The third-order valence-electron chi connectivity index (χ3n) is 4.40. The second kappa shape index (κ2) is 7.85. The Morgan fingerprint density at radius 2 is 1.73 bits per heavy atom. The van der Waals surface area contributed by atoms with Crippen LogP contribution in [-0.2, 0) is 6.54 Å². The van der Waals surface area contributed by atoms with Gasteiger partial charge < -0.3 is 14.4 Å². The number of benzene rings is 2. The van der Waals surface area contributed by atoms with Gasteiger partial charge in [0.1, 0.15) is 24.1 Å². The molecular weight excluding hydrogens is 326 g/mol. The van der Waals surface area contributed by atoms with Gasteiger partial charge in [-0.2, -0.15) is 0 Å². The molecule has 0 saturated carbocycles. The molecule has 0 bridgehead atoms. The molecule has 2 aromatic carbocycles. The highest BCUT2D eigenvalue weighted by atomic mass is 16.3. The van der Waals surface area contributed by atoms with Crippen LogP contribution in [0.15, 0.2) is 83.2 Å². The van der Waals surface area contributed by atoms with E-state index in [0.717, 1.165) is 10.5 Å². The molecule has 0 saturated heterocycles. The molecule has 0 aliphatic rings. The molecular formula is C22H22NO3+. The molecule has 0 amide bonds. The largest absolute Gasteiger partial charge is 0.507 e. The molecule has 1 aromatic heterocycles. The van der Waals surface area contributed by atoms with Crippen molar-refractivity contribution in [2.24, 2.45) is 0 Å².